The van der Waals surface area contributed by atoms with Gasteiger partial charge in [-0.25, -0.2) is 13.4 Å². The number of amides is 1. The van der Waals surface area contributed by atoms with Crippen molar-refractivity contribution in [2.45, 2.75) is 11.8 Å². The lowest BCUT2D eigenvalue weighted by molar-refractivity contribution is 0.102. The predicted octanol–water partition coefficient (Wildman–Crippen LogP) is 4.30. The summed E-state index contributed by atoms with van der Waals surface area (Å²) in [6, 6.07) is 20.0. The second-order valence-corrected chi connectivity index (χ2v) is 8.32. The van der Waals surface area contributed by atoms with Crippen LogP contribution in [0.3, 0.4) is 0 Å². The lowest BCUT2D eigenvalue weighted by Crippen LogP contribution is -2.31. The smallest absolute Gasteiger partial charge is 0.266 e. The van der Waals surface area contributed by atoms with E-state index in [0.29, 0.717) is 22.4 Å². The van der Waals surface area contributed by atoms with E-state index in [1.54, 1.807) is 67.6 Å². The van der Waals surface area contributed by atoms with E-state index in [4.69, 9.17) is 4.42 Å². The number of hydrogen-bond acceptors (Lipinski definition) is 5. The maximum Gasteiger partial charge on any atom is 0.266 e. The van der Waals surface area contributed by atoms with Gasteiger partial charge in [0.15, 0.2) is 12.0 Å². The van der Waals surface area contributed by atoms with Crippen molar-refractivity contribution < 1.29 is 17.6 Å². The van der Waals surface area contributed by atoms with Gasteiger partial charge in [-0.05, 0) is 49.4 Å². The summed E-state index contributed by atoms with van der Waals surface area (Å²) in [7, 11) is -3.90. The number of rotatable bonds is 6. The largest absolute Gasteiger partial charge is 0.443 e. The molecule has 30 heavy (non-hydrogen) atoms. The molecule has 4 rings (SSSR count). The molecule has 0 aliphatic carbocycles. The zero-order chi connectivity index (χ0) is 21.1. The minimum Gasteiger partial charge on any atom is -0.443 e. The third-order valence-corrected chi connectivity index (χ3v) is 6.59. The van der Waals surface area contributed by atoms with Crippen LogP contribution < -0.4 is 9.62 Å². The van der Waals surface area contributed by atoms with Gasteiger partial charge in [-0.15, -0.1) is 0 Å². The van der Waals surface area contributed by atoms with Crippen LogP contribution in [0.25, 0.3) is 11.1 Å². The van der Waals surface area contributed by atoms with Crippen LogP contribution in [0.15, 0.2) is 88.5 Å². The summed E-state index contributed by atoms with van der Waals surface area (Å²) in [6.45, 7) is 2.01. The Labute approximate surface area is 174 Å². The molecule has 0 saturated carbocycles. The molecule has 1 N–H and O–H groups in total. The number of nitrogens with zero attached hydrogens (tertiary/aromatic N) is 2. The highest BCUT2D eigenvalue weighted by molar-refractivity contribution is 7.93. The number of oxazole rings is 1. The van der Waals surface area contributed by atoms with E-state index in [0.717, 1.165) is 0 Å². The van der Waals surface area contributed by atoms with Crippen molar-refractivity contribution in [2.75, 3.05) is 16.2 Å². The first-order chi connectivity index (χ1) is 14.5. The molecule has 0 bridgehead atoms. The number of benzene rings is 3. The monoisotopic (exact) mass is 421 g/mol. The van der Waals surface area contributed by atoms with Gasteiger partial charge in [-0.1, -0.05) is 30.3 Å². The molecule has 0 aliphatic rings. The van der Waals surface area contributed by atoms with Gasteiger partial charge in [-0.3, -0.25) is 9.10 Å². The molecule has 0 unspecified atom stereocenters. The average Bonchev–Trinajstić information content (AvgIpc) is 3.23. The number of para-hydroxylation sites is 2. The third kappa shape index (κ3) is 3.65. The molecule has 7 nitrogen and oxygen atoms in total. The zero-order valence-corrected chi connectivity index (χ0v) is 17.0. The molecular formula is C22H19N3O4S. The first kappa shape index (κ1) is 19.7. The number of carbonyl (C=O) groups excluding carboxylic acids is 1. The molecule has 0 radical (unpaired) electrons. The van der Waals surface area contributed by atoms with Gasteiger partial charge in [-0.2, -0.15) is 0 Å². The first-order valence-corrected chi connectivity index (χ1v) is 10.8. The Morgan fingerprint density at radius 1 is 1.03 bits per heavy atom. The molecule has 152 valence electrons. The summed E-state index contributed by atoms with van der Waals surface area (Å²) >= 11 is 0. The summed E-state index contributed by atoms with van der Waals surface area (Å²) in [5, 5.41) is 2.72. The van der Waals surface area contributed by atoms with Gasteiger partial charge < -0.3 is 9.73 Å². The van der Waals surface area contributed by atoms with E-state index in [9.17, 15) is 13.2 Å². The highest BCUT2D eigenvalue weighted by Gasteiger charge is 2.27. The van der Waals surface area contributed by atoms with Crippen molar-refractivity contribution >= 4 is 38.4 Å². The van der Waals surface area contributed by atoms with E-state index < -0.39 is 15.9 Å². The Morgan fingerprint density at radius 3 is 2.53 bits per heavy atom. The lowest BCUT2D eigenvalue weighted by Gasteiger charge is -2.24. The summed E-state index contributed by atoms with van der Waals surface area (Å²) in [5.74, 6) is -0.440. The molecule has 0 fully saturated rings. The molecule has 0 saturated heterocycles. The fourth-order valence-corrected chi connectivity index (χ4v) is 4.82. The topological polar surface area (TPSA) is 92.5 Å². The van der Waals surface area contributed by atoms with Crippen LogP contribution in [0, 0.1) is 0 Å². The minimum absolute atomic E-state index is 0.0200. The fourth-order valence-electron chi connectivity index (χ4n) is 3.19. The third-order valence-electron chi connectivity index (χ3n) is 4.63. The molecule has 0 aliphatic heterocycles. The van der Waals surface area contributed by atoms with Crippen LogP contribution in [0.4, 0.5) is 11.4 Å². The predicted molar refractivity (Wildman–Crippen MR) is 115 cm³/mol. The maximum atomic E-state index is 13.4. The average molecular weight is 421 g/mol. The first-order valence-electron chi connectivity index (χ1n) is 9.32. The van der Waals surface area contributed by atoms with Gasteiger partial charge >= 0.3 is 0 Å². The van der Waals surface area contributed by atoms with Gasteiger partial charge in [0.05, 0.1) is 11.4 Å². The Morgan fingerprint density at radius 2 is 1.77 bits per heavy atom. The Bertz CT molecular complexity index is 1300. The van der Waals surface area contributed by atoms with Crippen LogP contribution in [0.5, 0.6) is 0 Å². The summed E-state index contributed by atoms with van der Waals surface area (Å²) in [4.78, 5) is 16.9. The highest BCUT2D eigenvalue weighted by atomic mass is 32.2. The normalized spacial score (nSPS) is 11.4. The molecule has 8 heteroatoms. The fraction of sp³-hybridized carbons (Fsp3) is 0.0909. The molecular weight excluding hydrogens is 402 g/mol. The van der Waals surface area contributed by atoms with Crippen LogP contribution in [0.2, 0.25) is 0 Å². The zero-order valence-electron chi connectivity index (χ0n) is 16.1. The van der Waals surface area contributed by atoms with Crippen LogP contribution in [0.1, 0.15) is 17.3 Å². The molecule has 1 aromatic heterocycles. The highest BCUT2D eigenvalue weighted by Crippen LogP contribution is 2.29. The van der Waals surface area contributed by atoms with Gasteiger partial charge in [0.2, 0.25) is 0 Å². The number of carbonyl (C=O) groups is 1. The second kappa shape index (κ2) is 8.00. The molecule has 0 atom stereocenters. The van der Waals surface area contributed by atoms with Crippen molar-refractivity contribution in [1.29, 1.82) is 0 Å². The molecule has 0 spiro atoms. The maximum absolute atomic E-state index is 13.4. The Balaban J connectivity index is 1.68. The molecule has 3 aromatic carbocycles. The lowest BCUT2D eigenvalue weighted by atomic mass is 10.2. The van der Waals surface area contributed by atoms with Gasteiger partial charge in [0.1, 0.15) is 10.4 Å². The number of anilines is 2. The number of aromatic nitrogens is 1. The number of sulfonamides is 1. The van der Waals surface area contributed by atoms with E-state index in [2.05, 4.69) is 10.3 Å². The second-order valence-electron chi connectivity index (χ2n) is 6.49. The molecule has 1 heterocycles. The SMILES string of the molecule is CCN(c1ccccc1)S(=O)(=O)c1ccccc1NC(=O)c1ccc2ocnc2c1. The Kier molecular flexibility index (Phi) is 5.24. The number of fused-ring (bicyclic) bond motifs is 1. The van der Waals surface area contributed by atoms with Crippen molar-refractivity contribution in [3.8, 4) is 0 Å². The summed E-state index contributed by atoms with van der Waals surface area (Å²) in [5.41, 5.74) is 2.22. The van der Waals surface area contributed by atoms with Crippen molar-refractivity contribution in [2.24, 2.45) is 0 Å². The Hall–Kier alpha value is -3.65. The van der Waals surface area contributed by atoms with E-state index in [1.807, 2.05) is 6.07 Å². The van der Waals surface area contributed by atoms with Crippen molar-refractivity contribution in [3.05, 3.63) is 84.8 Å². The number of hydrogen-bond donors (Lipinski definition) is 1. The number of nitrogens with one attached hydrogen (secondary N) is 1. The van der Waals surface area contributed by atoms with Crippen LogP contribution in [-0.4, -0.2) is 25.9 Å². The van der Waals surface area contributed by atoms with E-state index >= 15 is 0 Å². The van der Waals surface area contributed by atoms with Crippen molar-refractivity contribution in [1.82, 2.24) is 4.98 Å². The standard InChI is InChI=1S/C22H19N3O4S/c1-2-25(17-8-4-3-5-9-17)30(27,28)21-11-7-6-10-18(21)24-22(26)16-12-13-20-19(14-16)23-15-29-20/h3-15H,2H2,1H3,(H,24,26). The van der Waals surface area contributed by atoms with Crippen LogP contribution >= 0.6 is 0 Å². The quantitative estimate of drug-likeness (QED) is 0.501. The molecule has 1 amide bonds. The van der Waals surface area contributed by atoms with E-state index in [-0.39, 0.29) is 17.1 Å². The summed E-state index contributed by atoms with van der Waals surface area (Å²) in [6.07, 6.45) is 1.30. The van der Waals surface area contributed by atoms with Crippen LogP contribution in [-0.2, 0) is 10.0 Å². The molecule has 4 aromatic rings. The minimum atomic E-state index is -3.90. The van der Waals surface area contributed by atoms with Gasteiger partial charge in [0.25, 0.3) is 15.9 Å². The van der Waals surface area contributed by atoms with E-state index in [1.165, 1.54) is 16.8 Å². The van der Waals surface area contributed by atoms with Crippen molar-refractivity contribution in [3.63, 3.8) is 0 Å². The van der Waals surface area contributed by atoms with Gasteiger partial charge in [0, 0.05) is 12.1 Å². The summed E-state index contributed by atoms with van der Waals surface area (Å²) < 4.78 is 33.3.